The van der Waals surface area contributed by atoms with Crippen molar-refractivity contribution in [1.29, 1.82) is 0 Å². The van der Waals surface area contributed by atoms with Crippen LogP contribution in [0.25, 0.3) is 0 Å². The number of aryl methyl sites for hydroxylation is 1. The van der Waals surface area contributed by atoms with E-state index < -0.39 is 0 Å². The number of hydrogen-bond acceptors (Lipinski definition) is 5. The van der Waals surface area contributed by atoms with Crippen molar-refractivity contribution in [1.82, 2.24) is 20.1 Å². The molecule has 7 heteroatoms. The summed E-state index contributed by atoms with van der Waals surface area (Å²) in [6.07, 6.45) is 1.58. The molecule has 0 spiro atoms. The smallest absolute Gasteiger partial charge is 0.170 e. The quantitative estimate of drug-likeness (QED) is 0.743. The maximum absolute atomic E-state index is 13.9. The van der Waals surface area contributed by atoms with Crippen molar-refractivity contribution in [3.05, 3.63) is 41.7 Å². The number of benzene rings is 1. The van der Waals surface area contributed by atoms with Gasteiger partial charge in [0.15, 0.2) is 17.4 Å². The Labute approximate surface area is 122 Å². The van der Waals surface area contributed by atoms with Crippen molar-refractivity contribution < 1.29 is 13.9 Å². The summed E-state index contributed by atoms with van der Waals surface area (Å²) in [5, 5.41) is 10.8. The topological polar surface area (TPSA) is 61.2 Å². The molecule has 0 unspecified atom stereocenters. The third kappa shape index (κ3) is 4.24. The minimum Gasteiger partial charge on any atom is -0.482 e. The molecular weight excluding hydrogens is 275 g/mol. The molecule has 0 aliphatic heterocycles. The van der Waals surface area contributed by atoms with Crippen LogP contribution in [0, 0.1) is 5.82 Å². The van der Waals surface area contributed by atoms with Gasteiger partial charge in [0.1, 0.15) is 12.9 Å². The number of aromatic nitrogens is 3. The van der Waals surface area contributed by atoms with E-state index in [0.717, 1.165) is 5.56 Å². The monoisotopic (exact) mass is 294 g/mol. The summed E-state index contributed by atoms with van der Waals surface area (Å²) in [6.45, 7) is 1.97. The fraction of sp³-hybridized carbons (Fsp3) is 0.429. The van der Waals surface area contributed by atoms with Crippen molar-refractivity contribution in [3.8, 4) is 5.75 Å². The number of para-hydroxylation sites is 1. The van der Waals surface area contributed by atoms with Crippen LogP contribution in [0.2, 0.25) is 0 Å². The van der Waals surface area contributed by atoms with Crippen LogP contribution in [-0.2, 0) is 24.9 Å². The highest BCUT2D eigenvalue weighted by molar-refractivity contribution is 5.35. The van der Waals surface area contributed by atoms with Gasteiger partial charge in [-0.3, -0.25) is 0 Å². The number of nitrogens with one attached hydrogen (secondary N) is 1. The standard InChI is InChI=1S/C14H19FN4O2/c1-19-10-17-18-13(19)9-21-14-11(4-3-5-12(14)15)8-16-6-7-20-2/h3-5,10,16H,6-9H2,1-2H3. The van der Waals surface area contributed by atoms with E-state index in [4.69, 9.17) is 9.47 Å². The predicted octanol–water partition coefficient (Wildman–Crippen LogP) is 1.27. The Morgan fingerprint density at radius 1 is 1.38 bits per heavy atom. The summed E-state index contributed by atoms with van der Waals surface area (Å²) in [4.78, 5) is 0. The molecule has 6 nitrogen and oxygen atoms in total. The first-order valence-electron chi connectivity index (χ1n) is 6.65. The molecule has 0 amide bonds. The Hall–Kier alpha value is -1.99. The first-order valence-corrected chi connectivity index (χ1v) is 6.65. The minimum absolute atomic E-state index is 0.169. The van der Waals surface area contributed by atoms with Gasteiger partial charge in [-0.2, -0.15) is 0 Å². The fourth-order valence-electron chi connectivity index (χ4n) is 1.83. The number of nitrogens with zero attached hydrogens (tertiary/aromatic N) is 3. The van der Waals surface area contributed by atoms with Gasteiger partial charge >= 0.3 is 0 Å². The maximum atomic E-state index is 13.9. The van der Waals surface area contributed by atoms with Gasteiger partial charge in [0.2, 0.25) is 0 Å². The fourth-order valence-corrected chi connectivity index (χ4v) is 1.83. The molecule has 1 N–H and O–H groups in total. The molecule has 0 bridgehead atoms. The zero-order chi connectivity index (χ0) is 15.1. The van der Waals surface area contributed by atoms with Gasteiger partial charge < -0.3 is 19.4 Å². The zero-order valence-electron chi connectivity index (χ0n) is 12.2. The molecule has 1 heterocycles. The summed E-state index contributed by atoms with van der Waals surface area (Å²) < 4.78 is 26.2. The second kappa shape index (κ2) is 7.70. The SMILES string of the molecule is COCCNCc1cccc(F)c1OCc1nncn1C. The molecule has 0 aliphatic carbocycles. The predicted molar refractivity (Wildman–Crippen MR) is 75.3 cm³/mol. The second-order valence-electron chi connectivity index (χ2n) is 4.54. The van der Waals surface area contributed by atoms with Crippen molar-refractivity contribution in [2.24, 2.45) is 7.05 Å². The highest BCUT2D eigenvalue weighted by Gasteiger charge is 2.11. The van der Waals surface area contributed by atoms with Crippen LogP contribution < -0.4 is 10.1 Å². The zero-order valence-corrected chi connectivity index (χ0v) is 12.2. The lowest BCUT2D eigenvalue weighted by Crippen LogP contribution is -2.19. The molecule has 0 fully saturated rings. The van der Waals surface area contributed by atoms with Gasteiger partial charge in [0.05, 0.1) is 6.61 Å². The van der Waals surface area contributed by atoms with E-state index in [2.05, 4.69) is 15.5 Å². The van der Waals surface area contributed by atoms with Crippen LogP contribution in [0.15, 0.2) is 24.5 Å². The van der Waals surface area contributed by atoms with Gasteiger partial charge in [-0.15, -0.1) is 10.2 Å². The van der Waals surface area contributed by atoms with E-state index in [1.165, 1.54) is 6.07 Å². The molecule has 2 aromatic rings. The molecule has 2 rings (SSSR count). The number of hydrogen-bond donors (Lipinski definition) is 1. The lowest BCUT2D eigenvalue weighted by molar-refractivity contribution is 0.199. The first kappa shape index (κ1) is 15.4. The van der Waals surface area contributed by atoms with E-state index >= 15 is 0 Å². The molecule has 1 aromatic carbocycles. The van der Waals surface area contributed by atoms with Crippen LogP contribution in [0.4, 0.5) is 4.39 Å². The molecular formula is C14H19FN4O2. The van der Waals surface area contributed by atoms with E-state index in [1.54, 1.807) is 24.1 Å². The van der Waals surface area contributed by atoms with E-state index in [1.807, 2.05) is 13.1 Å². The van der Waals surface area contributed by atoms with Gasteiger partial charge in [-0.1, -0.05) is 12.1 Å². The van der Waals surface area contributed by atoms with Crippen LogP contribution >= 0.6 is 0 Å². The van der Waals surface area contributed by atoms with Crippen LogP contribution in [0.1, 0.15) is 11.4 Å². The Kier molecular flexibility index (Phi) is 5.65. The Morgan fingerprint density at radius 2 is 2.24 bits per heavy atom. The van der Waals surface area contributed by atoms with E-state index in [0.29, 0.717) is 25.5 Å². The highest BCUT2D eigenvalue weighted by atomic mass is 19.1. The summed E-state index contributed by atoms with van der Waals surface area (Å²) in [7, 11) is 3.45. The largest absolute Gasteiger partial charge is 0.482 e. The third-order valence-corrected chi connectivity index (χ3v) is 3.00. The summed E-state index contributed by atoms with van der Waals surface area (Å²) in [5.74, 6) is 0.491. The van der Waals surface area contributed by atoms with Gasteiger partial charge in [-0.05, 0) is 6.07 Å². The van der Waals surface area contributed by atoms with Gasteiger partial charge in [0.25, 0.3) is 0 Å². The Bertz CT molecular complexity index is 574. The maximum Gasteiger partial charge on any atom is 0.170 e. The molecule has 0 saturated heterocycles. The van der Waals surface area contributed by atoms with Gasteiger partial charge in [0, 0.05) is 32.8 Å². The number of rotatable bonds is 8. The highest BCUT2D eigenvalue weighted by Crippen LogP contribution is 2.23. The van der Waals surface area contributed by atoms with Crippen molar-refractivity contribution in [2.45, 2.75) is 13.2 Å². The number of methoxy groups -OCH3 is 1. The Balaban J connectivity index is 2.01. The number of ether oxygens (including phenoxy) is 2. The van der Waals surface area contributed by atoms with Crippen molar-refractivity contribution in [2.75, 3.05) is 20.3 Å². The molecule has 0 saturated carbocycles. The lowest BCUT2D eigenvalue weighted by atomic mass is 10.2. The average Bonchev–Trinajstić information content (AvgIpc) is 2.88. The van der Waals surface area contributed by atoms with E-state index in [-0.39, 0.29) is 18.2 Å². The summed E-state index contributed by atoms with van der Waals surface area (Å²) in [5.41, 5.74) is 0.758. The molecule has 0 radical (unpaired) electrons. The van der Waals surface area contributed by atoms with Crippen LogP contribution in [0.5, 0.6) is 5.75 Å². The molecule has 21 heavy (non-hydrogen) atoms. The van der Waals surface area contributed by atoms with Crippen molar-refractivity contribution in [3.63, 3.8) is 0 Å². The van der Waals surface area contributed by atoms with Crippen LogP contribution in [-0.4, -0.2) is 35.0 Å². The van der Waals surface area contributed by atoms with Crippen LogP contribution in [0.3, 0.4) is 0 Å². The number of halogens is 1. The summed E-state index contributed by atoms with van der Waals surface area (Å²) >= 11 is 0. The van der Waals surface area contributed by atoms with E-state index in [9.17, 15) is 4.39 Å². The Morgan fingerprint density at radius 3 is 2.95 bits per heavy atom. The molecule has 114 valence electrons. The first-order chi connectivity index (χ1) is 10.2. The molecule has 0 atom stereocenters. The summed E-state index contributed by atoms with van der Waals surface area (Å²) in [6, 6.07) is 4.87. The average molecular weight is 294 g/mol. The normalized spacial score (nSPS) is 10.8. The minimum atomic E-state index is -0.386. The lowest BCUT2D eigenvalue weighted by Gasteiger charge is -2.12. The van der Waals surface area contributed by atoms with Gasteiger partial charge in [-0.25, -0.2) is 4.39 Å². The molecule has 1 aromatic heterocycles. The third-order valence-electron chi connectivity index (χ3n) is 3.00. The molecule has 0 aliphatic rings. The second-order valence-corrected chi connectivity index (χ2v) is 4.54. The van der Waals surface area contributed by atoms with Crippen molar-refractivity contribution >= 4 is 0 Å².